The third-order valence-corrected chi connectivity index (χ3v) is 8.04. The van der Waals surface area contributed by atoms with Crippen molar-refractivity contribution < 1.29 is 22.8 Å². The van der Waals surface area contributed by atoms with Crippen molar-refractivity contribution >= 4 is 44.6 Å². The fraction of sp³-hybridized carbons (Fsp3) is 0.567. The first-order valence-corrected chi connectivity index (χ1v) is 15.4. The molecule has 0 unspecified atom stereocenters. The molecule has 0 saturated heterocycles. The average Bonchev–Trinajstić information content (AvgIpc) is 2.85. The highest BCUT2D eigenvalue weighted by molar-refractivity contribution is 7.89. The van der Waals surface area contributed by atoms with Gasteiger partial charge in [-0.1, -0.05) is 65.8 Å². The number of benzene rings is 2. The van der Waals surface area contributed by atoms with Crippen molar-refractivity contribution in [1.82, 2.24) is 15.4 Å². The van der Waals surface area contributed by atoms with E-state index in [4.69, 9.17) is 0 Å². The third kappa shape index (κ3) is 9.30. The Morgan fingerprint density at radius 2 is 1.30 bits per heavy atom. The van der Waals surface area contributed by atoms with Crippen molar-refractivity contribution in [2.75, 3.05) is 19.0 Å². The fourth-order valence-corrected chi connectivity index (χ4v) is 6.16. The molecule has 3 atom stereocenters. The molecule has 9 nitrogen and oxygen atoms in total. The highest BCUT2D eigenvalue weighted by Gasteiger charge is 2.31. The topological polar surface area (TPSA) is 125 Å². The number of carbonyl (C=O) groups is 3. The summed E-state index contributed by atoms with van der Waals surface area (Å²) in [7, 11) is -0.331. The molecule has 0 fully saturated rings. The molecule has 2 aromatic carbocycles. The summed E-state index contributed by atoms with van der Waals surface area (Å²) in [6.45, 7) is 11.6. The first-order chi connectivity index (χ1) is 18.7. The molecule has 3 N–H and O–H groups in total. The second-order valence-electron chi connectivity index (χ2n) is 11.9. The van der Waals surface area contributed by atoms with Crippen LogP contribution >= 0.6 is 0 Å². The maximum atomic E-state index is 13.7. The van der Waals surface area contributed by atoms with E-state index in [0.29, 0.717) is 24.5 Å². The van der Waals surface area contributed by atoms with Crippen LogP contribution in [0.4, 0.5) is 5.69 Å². The maximum absolute atomic E-state index is 13.7. The first kappa shape index (κ1) is 33.2. The number of hydrogen-bond acceptors (Lipinski definition) is 6. The van der Waals surface area contributed by atoms with Gasteiger partial charge in [0, 0.05) is 30.6 Å². The minimum absolute atomic E-state index is 0.00540. The number of hydrogen-bond donors (Lipinski definition) is 3. The van der Waals surface area contributed by atoms with Gasteiger partial charge >= 0.3 is 0 Å². The van der Waals surface area contributed by atoms with Crippen LogP contribution in [-0.2, 0) is 24.4 Å². The average molecular weight is 575 g/mol. The zero-order valence-electron chi connectivity index (χ0n) is 25.0. The second-order valence-corrected chi connectivity index (χ2v) is 13.6. The van der Waals surface area contributed by atoms with Crippen molar-refractivity contribution in [1.29, 1.82) is 0 Å². The van der Waals surface area contributed by atoms with E-state index >= 15 is 0 Å². The number of amides is 2. The van der Waals surface area contributed by atoms with Crippen molar-refractivity contribution in [3.63, 3.8) is 0 Å². The minimum atomic E-state index is -4.11. The van der Waals surface area contributed by atoms with Gasteiger partial charge in [0.05, 0.1) is 10.9 Å². The lowest BCUT2D eigenvalue weighted by Crippen LogP contribution is -2.55. The molecule has 0 aliphatic carbocycles. The molecule has 222 valence electrons. The Balaban J connectivity index is 2.37. The Morgan fingerprint density at radius 1 is 0.775 bits per heavy atom. The summed E-state index contributed by atoms with van der Waals surface area (Å²) in [5.41, 5.74) is 0.875. The van der Waals surface area contributed by atoms with Crippen LogP contribution < -0.4 is 20.3 Å². The number of rotatable bonds is 15. The van der Waals surface area contributed by atoms with Gasteiger partial charge in [-0.2, -0.15) is 4.72 Å². The molecule has 10 heteroatoms. The summed E-state index contributed by atoms with van der Waals surface area (Å²) in [6.07, 6.45) is 1.75. The molecule has 2 amide bonds. The van der Waals surface area contributed by atoms with Crippen molar-refractivity contribution in [3.05, 3.63) is 36.4 Å². The van der Waals surface area contributed by atoms with E-state index in [1.807, 2.05) is 72.7 Å². The highest BCUT2D eigenvalue weighted by Crippen LogP contribution is 2.30. The monoisotopic (exact) mass is 574 g/mol. The SMILES string of the molecule is CC(C)C[C@@H](C=O)NC(=O)[C@H](CC(C)C)NC(=O)[C@H](CC(C)C)NS(=O)(=O)c1cccc2c(N(C)C)cccc12. The molecule has 2 aromatic rings. The lowest BCUT2D eigenvalue weighted by molar-refractivity contribution is -0.131. The maximum Gasteiger partial charge on any atom is 0.243 e. The van der Waals surface area contributed by atoms with Crippen LogP contribution in [0.15, 0.2) is 41.3 Å². The van der Waals surface area contributed by atoms with Gasteiger partial charge in [0.25, 0.3) is 0 Å². The van der Waals surface area contributed by atoms with Gasteiger partial charge in [-0.3, -0.25) is 9.59 Å². The standard InChI is InChI=1S/C30H46N4O5S/c1-19(2)15-22(18-35)31-29(36)25(16-20(3)4)32-30(37)26(17-21(5)6)33-40(38,39)28-14-10-11-23-24(28)12-9-13-27(23)34(7)8/h9-14,18-22,25-26,33H,15-17H2,1-8H3,(H,31,36)(H,32,37)/t22-,25-,26-/m0/s1. The molecule has 0 bridgehead atoms. The number of fused-ring (bicyclic) bond motifs is 1. The van der Waals surface area contributed by atoms with Crippen LogP contribution in [0, 0.1) is 17.8 Å². The van der Waals surface area contributed by atoms with E-state index in [0.717, 1.165) is 11.1 Å². The number of nitrogens with zero attached hydrogens (tertiary/aromatic N) is 1. The molecule has 0 aromatic heterocycles. The molecule has 0 radical (unpaired) electrons. The van der Waals surface area contributed by atoms with Crippen LogP contribution in [-0.4, -0.2) is 58.7 Å². The Hall–Kier alpha value is -2.98. The van der Waals surface area contributed by atoms with Crippen LogP contribution in [0.1, 0.15) is 60.8 Å². The normalized spacial score (nSPS) is 14.3. The van der Waals surface area contributed by atoms with Crippen LogP contribution in [0.2, 0.25) is 0 Å². The molecule has 0 saturated carbocycles. The second kappa shape index (κ2) is 14.6. The van der Waals surface area contributed by atoms with Gasteiger partial charge in [-0.15, -0.1) is 0 Å². The zero-order chi connectivity index (χ0) is 30.2. The Bertz CT molecular complexity index is 1270. The van der Waals surface area contributed by atoms with Gasteiger partial charge in [0.2, 0.25) is 21.8 Å². The number of sulfonamides is 1. The van der Waals surface area contributed by atoms with Crippen molar-refractivity contribution in [2.45, 2.75) is 83.8 Å². The number of carbonyl (C=O) groups excluding carboxylic acids is 3. The van der Waals surface area contributed by atoms with E-state index in [1.165, 1.54) is 6.07 Å². The molecule has 0 heterocycles. The third-order valence-electron chi connectivity index (χ3n) is 6.51. The largest absolute Gasteiger partial charge is 0.377 e. The van der Waals surface area contributed by atoms with Crippen LogP contribution in [0.25, 0.3) is 10.8 Å². The molecule has 40 heavy (non-hydrogen) atoms. The molecule has 2 rings (SSSR count). The van der Waals surface area contributed by atoms with E-state index in [9.17, 15) is 22.8 Å². The smallest absolute Gasteiger partial charge is 0.243 e. The number of nitrogens with one attached hydrogen (secondary N) is 3. The Labute approximate surface area is 239 Å². The molecule has 0 spiro atoms. The Morgan fingerprint density at radius 3 is 1.85 bits per heavy atom. The van der Waals surface area contributed by atoms with Crippen LogP contribution in [0.3, 0.4) is 0 Å². The lowest BCUT2D eigenvalue weighted by Gasteiger charge is -2.26. The quantitative estimate of drug-likeness (QED) is 0.278. The van der Waals surface area contributed by atoms with Gasteiger partial charge < -0.3 is 20.3 Å². The molecular weight excluding hydrogens is 528 g/mol. The van der Waals surface area contributed by atoms with Crippen molar-refractivity contribution in [2.24, 2.45) is 17.8 Å². The molecule has 0 aliphatic rings. The fourth-order valence-electron chi connectivity index (χ4n) is 4.73. The summed E-state index contributed by atoms with van der Waals surface area (Å²) < 4.78 is 30.0. The van der Waals surface area contributed by atoms with Gasteiger partial charge in [0.1, 0.15) is 18.4 Å². The summed E-state index contributed by atoms with van der Waals surface area (Å²) in [5, 5.41) is 6.83. The summed E-state index contributed by atoms with van der Waals surface area (Å²) >= 11 is 0. The zero-order valence-corrected chi connectivity index (χ0v) is 25.8. The van der Waals surface area contributed by atoms with E-state index < -0.39 is 40.0 Å². The molecular formula is C30H46N4O5S. The van der Waals surface area contributed by atoms with E-state index in [1.54, 1.807) is 18.2 Å². The van der Waals surface area contributed by atoms with Gasteiger partial charge in [-0.25, -0.2) is 8.42 Å². The van der Waals surface area contributed by atoms with Gasteiger partial charge in [-0.05, 0) is 49.1 Å². The highest BCUT2D eigenvalue weighted by atomic mass is 32.2. The first-order valence-electron chi connectivity index (χ1n) is 13.9. The predicted octanol–water partition coefficient (Wildman–Crippen LogP) is 3.86. The van der Waals surface area contributed by atoms with Crippen molar-refractivity contribution in [3.8, 4) is 0 Å². The summed E-state index contributed by atoms with van der Waals surface area (Å²) in [5.74, 6) is -0.789. The van der Waals surface area contributed by atoms with Crippen LogP contribution in [0.5, 0.6) is 0 Å². The number of anilines is 1. The lowest BCUT2D eigenvalue weighted by atomic mass is 9.99. The minimum Gasteiger partial charge on any atom is -0.377 e. The predicted molar refractivity (Wildman–Crippen MR) is 161 cm³/mol. The Kier molecular flexibility index (Phi) is 12.1. The van der Waals surface area contributed by atoms with Gasteiger partial charge in [0.15, 0.2) is 0 Å². The van der Waals surface area contributed by atoms with E-state index in [2.05, 4.69) is 15.4 Å². The summed E-state index contributed by atoms with van der Waals surface area (Å²) in [4.78, 5) is 40.2. The molecule has 0 aliphatic heterocycles. The van der Waals surface area contributed by atoms with E-state index in [-0.39, 0.29) is 29.1 Å². The number of aldehydes is 1. The summed E-state index contributed by atoms with van der Waals surface area (Å²) in [6, 6.07) is 7.86.